The van der Waals surface area contributed by atoms with Gasteiger partial charge in [0.15, 0.2) is 11.5 Å². The summed E-state index contributed by atoms with van der Waals surface area (Å²) >= 11 is 0. The molecule has 13 nitrogen and oxygen atoms in total. The number of imidazole rings is 1. The van der Waals surface area contributed by atoms with Gasteiger partial charge in [-0.2, -0.15) is 9.97 Å². The summed E-state index contributed by atoms with van der Waals surface area (Å²) in [6.45, 7) is 16.3. The van der Waals surface area contributed by atoms with Crippen molar-refractivity contribution < 1.29 is 23.8 Å². The Kier molecular flexibility index (Phi) is 22.9. The van der Waals surface area contributed by atoms with Crippen molar-refractivity contribution >= 4 is 28.9 Å². The van der Waals surface area contributed by atoms with Gasteiger partial charge in [-0.1, -0.05) is 75.5 Å². The Bertz CT molecular complexity index is 1880. The normalized spacial score (nSPS) is 13.9. The van der Waals surface area contributed by atoms with E-state index in [1.54, 1.807) is 16.2 Å². The number of aryl methyl sites for hydroxylation is 1. The monoisotopic (exact) mass is 846 g/mol. The van der Waals surface area contributed by atoms with Crippen LogP contribution in [0.5, 0.6) is 6.01 Å². The van der Waals surface area contributed by atoms with Crippen LogP contribution in [0, 0.1) is 0 Å². The second-order valence-electron chi connectivity index (χ2n) is 16.4. The number of carbonyl (C=O) groups excluding carboxylic acids is 2. The fourth-order valence-corrected chi connectivity index (χ4v) is 7.77. The fraction of sp³-hybridized carbons (Fsp3) is 0.646. The SMILES string of the molecule is CCCCOc1nc(NC(=O)CCCCC/C=C(\C)CCCC/C=C(\CC)CCC)c2[nH]c(=O)n(CCCN(CCCN3CCOCC3)Cc3cccc(C(=O)OC)c3)c2n1. The van der Waals surface area contributed by atoms with E-state index in [-0.39, 0.29) is 29.4 Å². The fourth-order valence-electron chi connectivity index (χ4n) is 7.77. The number of fused-ring (bicyclic) bond motifs is 1. The van der Waals surface area contributed by atoms with Gasteiger partial charge in [-0.3, -0.25) is 19.2 Å². The number of morpholine rings is 1. The van der Waals surface area contributed by atoms with E-state index in [2.05, 4.69) is 69.9 Å². The molecule has 338 valence electrons. The summed E-state index contributed by atoms with van der Waals surface area (Å²) in [5.41, 5.74) is 5.08. The maximum Gasteiger partial charge on any atom is 0.337 e. The van der Waals surface area contributed by atoms with E-state index >= 15 is 0 Å². The summed E-state index contributed by atoms with van der Waals surface area (Å²) in [7, 11) is 1.39. The van der Waals surface area contributed by atoms with E-state index in [9.17, 15) is 14.4 Å². The lowest BCUT2D eigenvalue weighted by atomic mass is 10.0. The lowest BCUT2D eigenvalue weighted by Crippen LogP contribution is -2.38. The first kappa shape index (κ1) is 49.3. The van der Waals surface area contributed by atoms with Crippen LogP contribution in [0.4, 0.5) is 5.82 Å². The number of methoxy groups -OCH3 is 1. The molecule has 1 saturated heterocycles. The topological polar surface area (TPSA) is 144 Å². The van der Waals surface area contributed by atoms with Crippen molar-refractivity contribution in [1.29, 1.82) is 0 Å². The van der Waals surface area contributed by atoms with Crippen LogP contribution in [0.15, 0.2) is 52.4 Å². The van der Waals surface area contributed by atoms with Gasteiger partial charge in [0.2, 0.25) is 5.91 Å². The third-order valence-electron chi connectivity index (χ3n) is 11.3. The number of nitrogens with zero attached hydrogens (tertiary/aromatic N) is 5. The minimum absolute atomic E-state index is 0.139. The molecule has 2 aromatic heterocycles. The number of allylic oxidation sites excluding steroid dienone is 4. The Morgan fingerprint density at radius 3 is 2.41 bits per heavy atom. The molecule has 61 heavy (non-hydrogen) atoms. The minimum Gasteiger partial charge on any atom is -0.465 e. The first-order valence-electron chi connectivity index (χ1n) is 23.2. The summed E-state index contributed by atoms with van der Waals surface area (Å²) in [6.07, 6.45) is 20.8. The molecule has 0 spiro atoms. The Morgan fingerprint density at radius 2 is 1.66 bits per heavy atom. The number of esters is 1. The predicted molar refractivity (Wildman–Crippen MR) is 245 cm³/mol. The average molecular weight is 846 g/mol. The van der Waals surface area contributed by atoms with Crippen LogP contribution < -0.4 is 15.7 Å². The van der Waals surface area contributed by atoms with Crippen LogP contribution in [-0.4, -0.2) is 101 Å². The highest BCUT2D eigenvalue weighted by Gasteiger charge is 2.19. The van der Waals surface area contributed by atoms with E-state index in [0.717, 1.165) is 96.3 Å². The number of benzene rings is 1. The third kappa shape index (κ3) is 17.9. The highest BCUT2D eigenvalue weighted by Crippen LogP contribution is 2.22. The van der Waals surface area contributed by atoms with Gasteiger partial charge in [0, 0.05) is 39.1 Å². The predicted octanol–water partition coefficient (Wildman–Crippen LogP) is 9.23. The number of hydrogen-bond acceptors (Lipinski definition) is 10. The summed E-state index contributed by atoms with van der Waals surface area (Å²) in [5.74, 6) is -0.248. The molecule has 3 aromatic rings. The molecule has 1 fully saturated rings. The van der Waals surface area contributed by atoms with Gasteiger partial charge in [0.25, 0.3) is 0 Å². The maximum atomic E-state index is 13.5. The summed E-state index contributed by atoms with van der Waals surface area (Å²) in [4.78, 5) is 55.9. The van der Waals surface area contributed by atoms with Crippen LogP contribution in [-0.2, 0) is 27.4 Å². The van der Waals surface area contributed by atoms with Crippen molar-refractivity contribution in [3.63, 3.8) is 0 Å². The van der Waals surface area contributed by atoms with Crippen molar-refractivity contribution in [3.8, 4) is 6.01 Å². The van der Waals surface area contributed by atoms with Crippen LogP contribution in [0.2, 0.25) is 0 Å². The van der Waals surface area contributed by atoms with Gasteiger partial charge in [-0.05, 0) is 115 Å². The zero-order valence-corrected chi connectivity index (χ0v) is 38.0. The molecule has 0 radical (unpaired) electrons. The van der Waals surface area contributed by atoms with E-state index in [1.807, 2.05) is 18.2 Å². The molecule has 4 rings (SSSR count). The Hall–Kier alpha value is -4.33. The number of carbonyl (C=O) groups is 2. The van der Waals surface area contributed by atoms with Crippen molar-refractivity contribution in [3.05, 3.63) is 69.2 Å². The lowest BCUT2D eigenvalue weighted by molar-refractivity contribution is -0.116. The number of aromatic nitrogens is 4. The molecule has 13 heteroatoms. The molecule has 0 saturated carbocycles. The van der Waals surface area contributed by atoms with Crippen molar-refractivity contribution in [2.75, 3.05) is 65.0 Å². The van der Waals surface area contributed by atoms with Gasteiger partial charge in [0.05, 0.1) is 32.5 Å². The molecule has 0 unspecified atom stereocenters. The van der Waals surface area contributed by atoms with Gasteiger partial charge >= 0.3 is 17.7 Å². The Morgan fingerprint density at radius 1 is 0.902 bits per heavy atom. The third-order valence-corrected chi connectivity index (χ3v) is 11.3. The number of nitrogens with one attached hydrogen (secondary N) is 2. The van der Waals surface area contributed by atoms with Crippen LogP contribution in [0.25, 0.3) is 11.2 Å². The molecule has 0 aliphatic carbocycles. The number of rotatable bonds is 30. The number of anilines is 1. The van der Waals surface area contributed by atoms with Crippen LogP contribution in [0.1, 0.15) is 146 Å². The molecule has 3 heterocycles. The van der Waals surface area contributed by atoms with Gasteiger partial charge in [-0.25, -0.2) is 9.59 Å². The van der Waals surface area contributed by atoms with Crippen molar-refractivity contribution in [1.82, 2.24) is 29.3 Å². The number of aromatic amines is 1. The summed E-state index contributed by atoms with van der Waals surface area (Å²) in [6, 6.07) is 7.69. The number of unbranched alkanes of at least 4 members (excludes halogenated alkanes) is 6. The van der Waals surface area contributed by atoms with Crippen LogP contribution in [0.3, 0.4) is 0 Å². The summed E-state index contributed by atoms with van der Waals surface area (Å²) in [5, 5.41) is 2.96. The molecular formula is C48H75N7O6. The molecule has 2 N–H and O–H groups in total. The smallest absolute Gasteiger partial charge is 0.337 e. The average Bonchev–Trinajstić information content (AvgIpc) is 3.58. The highest BCUT2D eigenvalue weighted by atomic mass is 16.5. The first-order valence-corrected chi connectivity index (χ1v) is 23.2. The number of H-pyrrole nitrogens is 1. The minimum atomic E-state index is -0.360. The maximum absolute atomic E-state index is 13.5. The molecule has 1 aromatic carbocycles. The molecule has 0 atom stereocenters. The van der Waals surface area contributed by atoms with E-state index < -0.39 is 0 Å². The number of ether oxygens (including phenoxy) is 3. The number of amides is 1. The molecular weight excluding hydrogens is 771 g/mol. The molecule has 1 aliphatic heterocycles. The van der Waals surface area contributed by atoms with Crippen molar-refractivity contribution in [2.24, 2.45) is 0 Å². The second kappa shape index (κ2) is 28.3. The Balaban J connectivity index is 1.34. The lowest BCUT2D eigenvalue weighted by Gasteiger charge is -2.28. The molecule has 1 amide bonds. The van der Waals surface area contributed by atoms with Gasteiger partial charge in [-0.15, -0.1) is 0 Å². The van der Waals surface area contributed by atoms with Crippen LogP contribution >= 0.6 is 0 Å². The zero-order chi connectivity index (χ0) is 43.7. The second-order valence-corrected chi connectivity index (χ2v) is 16.4. The van der Waals surface area contributed by atoms with Gasteiger partial charge < -0.3 is 24.5 Å². The van der Waals surface area contributed by atoms with E-state index in [1.165, 1.54) is 51.2 Å². The zero-order valence-electron chi connectivity index (χ0n) is 38.0. The van der Waals surface area contributed by atoms with E-state index in [4.69, 9.17) is 14.2 Å². The quantitative estimate of drug-likeness (QED) is 0.0379. The number of hydrogen-bond donors (Lipinski definition) is 2. The Labute approximate surface area is 364 Å². The standard InChI is InChI=1S/C48H75N7O6/c1-6-9-33-61-47-51-44(49-42(56)26-16-11-10-13-21-38(4)22-14-12-15-23-39(8-3)20-7-2)43-45(52-47)55(48(58)50-43)30-19-29-54(28-18-27-53-31-34-60-35-32-53)37-40-24-17-25-41(36-40)46(57)59-5/h17,21,23-25,36H,6-16,18-20,22,26-35,37H2,1-5H3,(H,50,58)(H,49,51,52,56)/b38-21+,39-23+. The van der Waals surface area contributed by atoms with Crippen molar-refractivity contribution in [2.45, 2.75) is 144 Å². The van der Waals surface area contributed by atoms with Gasteiger partial charge in [0.1, 0.15) is 5.52 Å². The van der Waals surface area contributed by atoms with E-state index in [0.29, 0.717) is 55.8 Å². The summed E-state index contributed by atoms with van der Waals surface area (Å²) < 4.78 is 18.0. The highest BCUT2D eigenvalue weighted by molar-refractivity contribution is 5.97. The molecule has 0 bridgehead atoms. The molecule has 1 aliphatic rings. The first-order chi connectivity index (χ1) is 29.7. The largest absolute Gasteiger partial charge is 0.465 e.